The third-order valence-corrected chi connectivity index (χ3v) is 3.83. The van der Waals surface area contributed by atoms with Crippen LogP contribution >= 0.6 is 0 Å². The third kappa shape index (κ3) is 1.73. The monoisotopic (exact) mass is 310 g/mol. The molecule has 6 nitrogen and oxygen atoms in total. The van der Waals surface area contributed by atoms with E-state index in [-0.39, 0.29) is 27.2 Å². The average Bonchev–Trinajstić information content (AvgIpc) is 2.94. The van der Waals surface area contributed by atoms with Crippen LogP contribution in [0.25, 0.3) is 27.2 Å². The van der Waals surface area contributed by atoms with Gasteiger partial charge in [0.25, 0.3) is 22.2 Å². The van der Waals surface area contributed by atoms with Crippen LogP contribution in [0, 0.1) is 5.82 Å². The second-order valence-corrected chi connectivity index (χ2v) is 5.15. The minimum absolute atomic E-state index is 0.0444. The molecule has 2 heterocycles. The molecule has 2 aromatic heterocycles. The Morgan fingerprint density at radius 2 is 1.22 bits per heavy atom. The highest BCUT2D eigenvalue weighted by atomic mass is 19.1. The molecule has 0 aliphatic carbocycles. The van der Waals surface area contributed by atoms with Gasteiger partial charge in [-0.25, -0.2) is 8.96 Å². The first-order chi connectivity index (χ1) is 11.0. The Morgan fingerprint density at radius 1 is 0.739 bits per heavy atom. The lowest BCUT2D eigenvalue weighted by Crippen LogP contribution is -2.23. The van der Waals surface area contributed by atoms with Crippen LogP contribution in [0.4, 0.5) is 4.39 Å². The number of hydrogen-bond donors (Lipinski definition) is 1. The van der Waals surface area contributed by atoms with E-state index in [2.05, 4.69) is 4.98 Å². The predicted molar refractivity (Wildman–Crippen MR) is 82.5 cm³/mol. The molecule has 0 aliphatic heterocycles. The number of nitrogens with one attached hydrogen (secondary N) is 1. The van der Waals surface area contributed by atoms with Crippen LogP contribution in [0.3, 0.4) is 0 Å². The summed E-state index contributed by atoms with van der Waals surface area (Å²) in [6, 6.07) is 7.38. The van der Waals surface area contributed by atoms with Gasteiger partial charge in [0, 0.05) is 0 Å². The van der Waals surface area contributed by atoms with Crippen LogP contribution in [0.15, 0.2) is 55.6 Å². The zero-order valence-corrected chi connectivity index (χ0v) is 11.4. The molecule has 0 radical (unpaired) electrons. The van der Waals surface area contributed by atoms with Crippen LogP contribution in [0.2, 0.25) is 0 Å². The summed E-state index contributed by atoms with van der Waals surface area (Å²) < 4.78 is 13.9. The van der Waals surface area contributed by atoms with Gasteiger partial charge in [-0.1, -0.05) is 0 Å². The summed E-state index contributed by atoms with van der Waals surface area (Å²) in [5.41, 5.74) is -2.23. The van der Waals surface area contributed by atoms with Crippen LogP contribution in [0.1, 0.15) is 0 Å². The number of hydrogen-bond acceptors (Lipinski definition) is 4. The van der Waals surface area contributed by atoms with E-state index in [1.165, 1.54) is 24.3 Å². The number of aromatic nitrogens is 2. The van der Waals surface area contributed by atoms with E-state index in [9.17, 15) is 23.6 Å². The fourth-order valence-electron chi connectivity index (χ4n) is 2.72. The number of benzene rings is 2. The first kappa shape index (κ1) is 13.3. The van der Waals surface area contributed by atoms with Crippen molar-refractivity contribution in [3.63, 3.8) is 0 Å². The van der Waals surface area contributed by atoms with Gasteiger partial charge >= 0.3 is 0 Å². The summed E-state index contributed by atoms with van der Waals surface area (Å²) in [5.74, 6) is -0.494. The Morgan fingerprint density at radius 3 is 1.70 bits per heavy atom. The molecular formula is C16H7FN2O4. The van der Waals surface area contributed by atoms with Crippen LogP contribution in [-0.2, 0) is 0 Å². The summed E-state index contributed by atoms with van der Waals surface area (Å²) in [6.07, 6.45) is 0. The molecule has 0 saturated carbocycles. The van der Waals surface area contributed by atoms with Crippen molar-refractivity contribution in [3.8, 4) is 5.69 Å². The SMILES string of the molecule is O=c1[nH]c(=O)c2cc3c(=O)n(-c4ccc(F)cc4)c(=O)c3cc12. The number of aromatic amines is 1. The first-order valence-corrected chi connectivity index (χ1v) is 6.65. The minimum Gasteiger partial charge on any atom is -0.288 e. The summed E-state index contributed by atoms with van der Waals surface area (Å²) >= 11 is 0. The standard InChI is InChI=1S/C16H7FN2O4/c17-7-1-3-8(4-2-7)19-15(22)11-5-9-10(6-12(11)16(19)23)14(21)18-13(9)20/h1-6H,(H,18,20,21). The molecule has 2 aromatic carbocycles. The molecule has 0 unspecified atom stereocenters. The lowest BCUT2D eigenvalue weighted by Gasteiger charge is -1.98. The van der Waals surface area contributed by atoms with Gasteiger partial charge in [-0.05, 0) is 36.4 Å². The smallest absolute Gasteiger partial charge is 0.266 e. The lowest BCUT2D eigenvalue weighted by molar-refractivity contribution is 0.627. The number of halogens is 1. The van der Waals surface area contributed by atoms with Crippen molar-refractivity contribution < 1.29 is 4.39 Å². The maximum absolute atomic E-state index is 13.0. The molecule has 4 rings (SSSR count). The fourth-order valence-corrected chi connectivity index (χ4v) is 2.72. The maximum atomic E-state index is 13.0. The Bertz CT molecular complexity index is 1210. The quantitative estimate of drug-likeness (QED) is 0.556. The van der Waals surface area contributed by atoms with E-state index in [0.29, 0.717) is 0 Å². The van der Waals surface area contributed by atoms with Crippen molar-refractivity contribution in [2.75, 3.05) is 0 Å². The lowest BCUT2D eigenvalue weighted by atomic mass is 10.1. The van der Waals surface area contributed by atoms with Crippen molar-refractivity contribution in [2.24, 2.45) is 0 Å². The summed E-state index contributed by atoms with van der Waals surface area (Å²) in [7, 11) is 0. The highest BCUT2D eigenvalue weighted by Crippen LogP contribution is 2.15. The number of nitrogens with zero attached hydrogens (tertiary/aromatic N) is 1. The van der Waals surface area contributed by atoms with Crippen LogP contribution in [-0.4, -0.2) is 9.55 Å². The van der Waals surface area contributed by atoms with Gasteiger partial charge in [0.15, 0.2) is 0 Å². The number of H-pyrrole nitrogens is 1. The molecule has 7 heteroatoms. The van der Waals surface area contributed by atoms with E-state index >= 15 is 0 Å². The number of rotatable bonds is 1. The van der Waals surface area contributed by atoms with Crippen LogP contribution < -0.4 is 22.2 Å². The molecule has 0 spiro atoms. The average molecular weight is 310 g/mol. The summed E-state index contributed by atoms with van der Waals surface area (Å²) in [6.45, 7) is 0. The Labute approximate surface area is 125 Å². The highest BCUT2D eigenvalue weighted by molar-refractivity contribution is 5.97. The van der Waals surface area contributed by atoms with Crippen molar-refractivity contribution >= 4 is 21.5 Å². The van der Waals surface area contributed by atoms with Crippen molar-refractivity contribution in [1.82, 2.24) is 9.55 Å². The molecule has 0 aliphatic rings. The van der Waals surface area contributed by atoms with Gasteiger partial charge in [-0.2, -0.15) is 0 Å². The molecule has 4 aromatic rings. The minimum atomic E-state index is -0.619. The van der Waals surface area contributed by atoms with Crippen LogP contribution in [0.5, 0.6) is 0 Å². The van der Waals surface area contributed by atoms with E-state index < -0.39 is 28.1 Å². The summed E-state index contributed by atoms with van der Waals surface area (Å²) in [4.78, 5) is 50.4. The molecule has 0 amide bonds. The summed E-state index contributed by atoms with van der Waals surface area (Å²) in [5, 5.41) is 0.220. The second-order valence-electron chi connectivity index (χ2n) is 5.15. The van der Waals surface area contributed by atoms with E-state index in [1.807, 2.05) is 0 Å². The molecule has 0 bridgehead atoms. The molecule has 1 N–H and O–H groups in total. The molecule has 0 saturated heterocycles. The predicted octanol–water partition coefficient (Wildman–Crippen LogP) is 0.567. The van der Waals surface area contributed by atoms with Gasteiger partial charge in [0.1, 0.15) is 5.82 Å². The van der Waals surface area contributed by atoms with Crippen molar-refractivity contribution in [2.45, 2.75) is 0 Å². The van der Waals surface area contributed by atoms with E-state index in [0.717, 1.165) is 16.7 Å². The van der Waals surface area contributed by atoms with Gasteiger partial charge in [0.2, 0.25) is 0 Å². The largest absolute Gasteiger partial charge is 0.288 e. The molecule has 0 atom stereocenters. The molecular weight excluding hydrogens is 303 g/mol. The third-order valence-electron chi connectivity index (χ3n) is 3.83. The van der Waals surface area contributed by atoms with Gasteiger partial charge < -0.3 is 0 Å². The molecule has 23 heavy (non-hydrogen) atoms. The molecule has 112 valence electrons. The normalized spacial score (nSPS) is 11.5. The molecule has 0 fully saturated rings. The second kappa shape index (κ2) is 4.33. The number of fused-ring (bicyclic) bond motifs is 2. The van der Waals surface area contributed by atoms with Gasteiger partial charge in [-0.3, -0.25) is 24.2 Å². The maximum Gasteiger partial charge on any atom is 0.266 e. The Kier molecular flexibility index (Phi) is 2.51. The topological polar surface area (TPSA) is 89.0 Å². The van der Waals surface area contributed by atoms with Gasteiger partial charge in [0.05, 0.1) is 27.2 Å². The van der Waals surface area contributed by atoms with E-state index in [4.69, 9.17) is 0 Å². The first-order valence-electron chi connectivity index (χ1n) is 6.65. The zero-order chi connectivity index (χ0) is 16.3. The zero-order valence-electron chi connectivity index (χ0n) is 11.4. The Hall–Kier alpha value is -3.35. The Balaban J connectivity index is 2.18. The van der Waals surface area contributed by atoms with Crippen molar-refractivity contribution in [3.05, 3.63) is 83.6 Å². The van der Waals surface area contributed by atoms with Gasteiger partial charge in [-0.15, -0.1) is 0 Å². The fraction of sp³-hybridized carbons (Fsp3) is 0. The van der Waals surface area contributed by atoms with E-state index in [1.54, 1.807) is 0 Å². The van der Waals surface area contributed by atoms with Crippen molar-refractivity contribution in [1.29, 1.82) is 0 Å². The highest BCUT2D eigenvalue weighted by Gasteiger charge is 2.17.